The molecule has 0 aliphatic carbocycles. The van der Waals surface area contributed by atoms with Crippen LogP contribution >= 0.6 is 7.60 Å². The number of ketones is 1. The van der Waals surface area contributed by atoms with Gasteiger partial charge in [0, 0.05) is 19.0 Å². The van der Waals surface area contributed by atoms with E-state index in [9.17, 15) is 14.5 Å². The third kappa shape index (κ3) is 4.68. The van der Waals surface area contributed by atoms with Crippen molar-refractivity contribution in [1.82, 2.24) is 5.06 Å². The maximum atomic E-state index is 13.7. The van der Waals surface area contributed by atoms with Crippen LogP contribution in [0, 0.1) is 0 Å². The summed E-state index contributed by atoms with van der Waals surface area (Å²) >= 11 is 0. The van der Waals surface area contributed by atoms with E-state index in [1.165, 1.54) is 24.3 Å². The Bertz CT molecular complexity index is 942. The lowest BCUT2D eigenvalue weighted by atomic mass is 9.89. The Morgan fingerprint density at radius 1 is 1.13 bits per heavy atom. The van der Waals surface area contributed by atoms with Crippen LogP contribution in [-0.2, 0) is 18.5 Å². The second-order valence-corrected chi connectivity index (χ2v) is 9.17. The van der Waals surface area contributed by atoms with Crippen molar-refractivity contribution in [3.8, 4) is 11.5 Å². The molecule has 1 aliphatic heterocycles. The average Bonchev–Trinajstić information content (AvgIpc) is 3.12. The Morgan fingerprint density at radius 2 is 1.77 bits per heavy atom. The Balaban J connectivity index is 2.08. The molecule has 0 unspecified atom stereocenters. The molecule has 3 atom stereocenters. The Kier molecular flexibility index (Phi) is 7.51. The van der Waals surface area contributed by atoms with Crippen molar-refractivity contribution in [3.63, 3.8) is 0 Å². The predicted molar refractivity (Wildman–Crippen MR) is 115 cm³/mol. The van der Waals surface area contributed by atoms with Gasteiger partial charge in [-0.2, -0.15) is 5.06 Å². The summed E-state index contributed by atoms with van der Waals surface area (Å²) in [5, 5.41) is 11.8. The Labute approximate surface area is 182 Å². The van der Waals surface area contributed by atoms with E-state index >= 15 is 0 Å². The van der Waals surface area contributed by atoms with Crippen LogP contribution in [-0.4, -0.2) is 55.2 Å². The van der Waals surface area contributed by atoms with Gasteiger partial charge in [-0.1, -0.05) is 30.3 Å². The van der Waals surface area contributed by atoms with Crippen molar-refractivity contribution in [2.24, 2.45) is 0 Å². The van der Waals surface area contributed by atoms with Crippen LogP contribution < -0.4 is 4.74 Å². The number of rotatable bonds is 9. The van der Waals surface area contributed by atoms with Gasteiger partial charge in [0.15, 0.2) is 11.9 Å². The van der Waals surface area contributed by atoms with Gasteiger partial charge in [0.05, 0.1) is 25.9 Å². The van der Waals surface area contributed by atoms with Crippen molar-refractivity contribution in [1.29, 1.82) is 0 Å². The van der Waals surface area contributed by atoms with E-state index in [0.29, 0.717) is 5.75 Å². The molecule has 9 heteroatoms. The maximum absolute atomic E-state index is 13.7. The number of methoxy groups -OCH3 is 1. The van der Waals surface area contributed by atoms with E-state index in [1.807, 2.05) is 30.3 Å². The Morgan fingerprint density at radius 3 is 2.32 bits per heavy atom. The number of ether oxygens (including phenoxy) is 1. The first-order chi connectivity index (χ1) is 14.9. The van der Waals surface area contributed by atoms with E-state index in [1.54, 1.807) is 27.0 Å². The minimum Gasteiger partial charge on any atom is -0.507 e. The number of phenols is 1. The molecule has 168 valence electrons. The molecular weight excluding hydrogens is 421 g/mol. The SMILES string of the molecule is CCOP(=O)(OCC)[C@@H]1[C@H](c2ccccc2)[C@@H](C(=O)c2ccc(OC)cc2O)ON1C. The minimum absolute atomic E-state index is 0.0865. The largest absolute Gasteiger partial charge is 0.507 e. The van der Waals surface area contributed by atoms with Crippen molar-refractivity contribution in [2.45, 2.75) is 31.7 Å². The van der Waals surface area contributed by atoms with Crippen molar-refractivity contribution in [2.75, 3.05) is 27.4 Å². The molecule has 1 aliphatic rings. The zero-order valence-electron chi connectivity index (χ0n) is 18.1. The first-order valence-corrected chi connectivity index (χ1v) is 11.7. The average molecular weight is 449 g/mol. The van der Waals surface area contributed by atoms with Crippen molar-refractivity contribution < 1.29 is 33.1 Å². The number of hydrogen-bond acceptors (Lipinski definition) is 8. The molecule has 2 aromatic carbocycles. The standard InChI is InChI=1S/C22H28NO7P/c1-5-28-31(26,29-6-2)22-19(15-10-8-7-9-11-15)21(30-23(22)3)20(25)17-13-12-16(27-4)14-18(17)24/h7-14,19,21-22,24H,5-6H2,1-4H3/t19-,21+,22-/m1/s1. The summed E-state index contributed by atoms with van der Waals surface area (Å²) in [6.45, 7) is 3.83. The van der Waals surface area contributed by atoms with Gasteiger partial charge in [-0.05, 0) is 31.5 Å². The summed E-state index contributed by atoms with van der Waals surface area (Å²) in [5.74, 6) is -1.73. The topological polar surface area (TPSA) is 94.5 Å². The number of likely N-dealkylation sites (N-methyl/N-ethyl adjacent to an activating group) is 1. The van der Waals surface area contributed by atoms with E-state index < -0.39 is 31.2 Å². The van der Waals surface area contributed by atoms with E-state index in [0.717, 1.165) is 5.56 Å². The van der Waals surface area contributed by atoms with Crippen LogP contribution in [0.5, 0.6) is 11.5 Å². The predicted octanol–water partition coefficient (Wildman–Crippen LogP) is 4.21. The summed E-state index contributed by atoms with van der Waals surface area (Å²) in [5.41, 5.74) is 0.839. The zero-order chi connectivity index (χ0) is 22.6. The first-order valence-electron chi connectivity index (χ1n) is 10.1. The summed E-state index contributed by atoms with van der Waals surface area (Å²) in [4.78, 5) is 19.4. The summed E-state index contributed by atoms with van der Waals surface area (Å²) in [6, 6.07) is 13.7. The van der Waals surface area contributed by atoms with Gasteiger partial charge in [0.2, 0.25) is 0 Å². The fourth-order valence-corrected chi connectivity index (χ4v) is 6.14. The van der Waals surface area contributed by atoms with Gasteiger partial charge in [-0.25, -0.2) is 0 Å². The number of hydrogen-bond donors (Lipinski definition) is 1. The Hall–Kier alpha value is -2.22. The number of carbonyl (C=O) groups is 1. The molecule has 0 saturated carbocycles. The molecule has 0 bridgehead atoms. The highest BCUT2D eigenvalue weighted by molar-refractivity contribution is 7.54. The lowest BCUT2D eigenvalue weighted by Crippen LogP contribution is -2.31. The van der Waals surface area contributed by atoms with Crippen molar-refractivity contribution in [3.05, 3.63) is 59.7 Å². The maximum Gasteiger partial charge on any atom is 0.350 e. The number of benzene rings is 2. The van der Waals surface area contributed by atoms with Gasteiger partial charge < -0.3 is 18.9 Å². The molecule has 0 aromatic heterocycles. The van der Waals surface area contributed by atoms with Crippen LogP contribution in [0.3, 0.4) is 0 Å². The number of aromatic hydroxyl groups is 1. The molecule has 0 spiro atoms. The highest BCUT2D eigenvalue weighted by Crippen LogP contribution is 2.61. The third-order valence-electron chi connectivity index (χ3n) is 5.16. The number of nitrogens with zero attached hydrogens (tertiary/aromatic N) is 1. The number of hydroxylamine groups is 2. The molecule has 0 radical (unpaired) electrons. The molecule has 0 amide bonds. The molecule has 2 aromatic rings. The monoisotopic (exact) mass is 449 g/mol. The van der Waals surface area contributed by atoms with E-state index in [2.05, 4.69) is 0 Å². The second kappa shape index (κ2) is 9.94. The summed E-state index contributed by atoms with van der Waals surface area (Å²) in [7, 11) is -0.595. The lowest BCUT2D eigenvalue weighted by molar-refractivity contribution is -0.122. The molecule has 1 heterocycles. The van der Waals surface area contributed by atoms with Crippen LogP contribution in [0.15, 0.2) is 48.5 Å². The zero-order valence-corrected chi connectivity index (χ0v) is 19.0. The molecule has 1 saturated heterocycles. The smallest absolute Gasteiger partial charge is 0.350 e. The van der Waals surface area contributed by atoms with Gasteiger partial charge in [0.25, 0.3) is 0 Å². The fraction of sp³-hybridized carbons (Fsp3) is 0.409. The molecule has 1 N–H and O–H groups in total. The molecule has 8 nitrogen and oxygen atoms in total. The first kappa shape index (κ1) is 23.4. The van der Waals surface area contributed by atoms with Gasteiger partial charge in [-0.3, -0.25) is 14.2 Å². The fourth-order valence-electron chi connectivity index (χ4n) is 3.87. The lowest BCUT2D eigenvalue weighted by Gasteiger charge is -2.30. The third-order valence-corrected chi connectivity index (χ3v) is 7.69. The molecule has 1 fully saturated rings. The highest BCUT2D eigenvalue weighted by atomic mass is 31.2. The number of phenolic OH excluding ortho intramolecular Hbond substituents is 1. The normalized spacial score (nSPS) is 21.9. The van der Waals surface area contributed by atoms with Crippen molar-refractivity contribution >= 4 is 13.4 Å². The highest BCUT2D eigenvalue weighted by Gasteiger charge is 2.56. The molecular formula is C22H28NO7P. The number of Topliss-reactive ketones (excluding diaryl/α,β-unsaturated/α-hetero) is 1. The van der Waals surface area contributed by atoms with Gasteiger partial charge in [-0.15, -0.1) is 0 Å². The molecule has 3 rings (SSSR count). The minimum atomic E-state index is -3.67. The van der Waals surface area contributed by atoms with Crippen LogP contribution in [0.1, 0.15) is 35.7 Å². The second-order valence-electron chi connectivity index (χ2n) is 7.04. The van der Waals surface area contributed by atoms with Crippen LogP contribution in [0.2, 0.25) is 0 Å². The van der Waals surface area contributed by atoms with Crippen LogP contribution in [0.25, 0.3) is 0 Å². The van der Waals surface area contributed by atoms with E-state index in [-0.39, 0.29) is 24.5 Å². The van der Waals surface area contributed by atoms with E-state index in [4.69, 9.17) is 18.6 Å². The van der Waals surface area contributed by atoms with Gasteiger partial charge in [0.1, 0.15) is 17.3 Å². The molecule has 31 heavy (non-hydrogen) atoms. The summed E-state index contributed by atoms with van der Waals surface area (Å²) < 4.78 is 30.0. The number of carbonyl (C=O) groups excluding carboxylic acids is 1. The van der Waals surface area contributed by atoms with Gasteiger partial charge >= 0.3 is 7.60 Å². The quantitative estimate of drug-likeness (QED) is 0.450. The van der Waals surface area contributed by atoms with Crippen LogP contribution in [0.4, 0.5) is 0 Å². The summed E-state index contributed by atoms with van der Waals surface area (Å²) in [6.07, 6.45) is -1.04.